The van der Waals surface area contributed by atoms with Crippen molar-refractivity contribution in [3.63, 3.8) is 0 Å². The second-order valence-electron chi connectivity index (χ2n) is 5.31. The fraction of sp³-hybridized carbons (Fsp3) is 0.167. The Morgan fingerprint density at radius 2 is 2.04 bits per heavy atom. The molecule has 3 aromatic rings. The fourth-order valence-electron chi connectivity index (χ4n) is 2.57. The van der Waals surface area contributed by atoms with Gasteiger partial charge >= 0.3 is 0 Å². The molecule has 0 aliphatic heterocycles. The highest BCUT2D eigenvalue weighted by Crippen LogP contribution is 2.20. The van der Waals surface area contributed by atoms with Gasteiger partial charge in [-0.05, 0) is 29.8 Å². The molecule has 1 amide bonds. The summed E-state index contributed by atoms with van der Waals surface area (Å²) in [5, 5.41) is 3.96. The summed E-state index contributed by atoms with van der Waals surface area (Å²) in [4.78, 5) is 15.6. The van der Waals surface area contributed by atoms with E-state index in [4.69, 9.17) is 10.5 Å². The lowest BCUT2D eigenvalue weighted by atomic mass is 10.1. The van der Waals surface area contributed by atoms with E-state index >= 15 is 0 Å². The number of hydrogen-bond acceptors (Lipinski definition) is 3. The van der Waals surface area contributed by atoms with Gasteiger partial charge in [0.2, 0.25) is 0 Å². The van der Waals surface area contributed by atoms with Crippen molar-refractivity contribution >= 4 is 16.8 Å². The molecular weight excluding hydrogens is 290 g/mol. The van der Waals surface area contributed by atoms with Gasteiger partial charge in [-0.1, -0.05) is 30.3 Å². The molecule has 1 heterocycles. The van der Waals surface area contributed by atoms with E-state index in [1.54, 1.807) is 7.11 Å². The molecule has 3 rings (SSSR count). The summed E-state index contributed by atoms with van der Waals surface area (Å²) >= 11 is 0. The lowest BCUT2D eigenvalue weighted by Crippen LogP contribution is -2.33. The Morgan fingerprint density at radius 1 is 1.22 bits per heavy atom. The minimum absolute atomic E-state index is 0.181. The zero-order valence-electron chi connectivity index (χ0n) is 12.9. The van der Waals surface area contributed by atoms with Crippen molar-refractivity contribution in [2.45, 2.75) is 6.04 Å². The summed E-state index contributed by atoms with van der Waals surface area (Å²) in [5.74, 6) is 0.556. The number of nitrogens with two attached hydrogens (primary N) is 1. The van der Waals surface area contributed by atoms with Crippen molar-refractivity contribution in [2.24, 2.45) is 5.73 Å². The van der Waals surface area contributed by atoms with Gasteiger partial charge in [-0.15, -0.1) is 0 Å². The first-order chi connectivity index (χ1) is 11.2. The Labute approximate surface area is 134 Å². The van der Waals surface area contributed by atoms with Crippen molar-refractivity contribution < 1.29 is 9.53 Å². The molecule has 2 aromatic carbocycles. The normalized spacial score (nSPS) is 12.1. The number of para-hydroxylation sites is 1. The number of fused-ring (bicyclic) bond motifs is 1. The Kier molecular flexibility index (Phi) is 4.30. The maximum absolute atomic E-state index is 12.5. The molecule has 0 aliphatic carbocycles. The van der Waals surface area contributed by atoms with Gasteiger partial charge in [0.05, 0.1) is 13.2 Å². The predicted molar refractivity (Wildman–Crippen MR) is 90.6 cm³/mol. The van der Waals surface area contributed by atoms with E-state index in [1.807, 2.05) is 54.6 Å². The molecule has 0 radical (unpaired) electrons. The van der Waals surface area contributed by atoms with Gasteiger partial charge < -0.3 is 20.8 Å². The quantitative estimate of drug-likeness (QED) is 0.677. The third-order valence-corrected chi connectivity index (χ3v) is 3.81. The van der Waals surface area contributed by atoms with Crippen LogP contribution >= 0.6 is 0 Å². The SMILES string of the molecule is COc1cccc(C(CN)NC(=O)c2cc3ccccc3[nH]2)c1. The molecule has 0 bridgehead atoms. The van der Waals surface area contributed by atoms with Crippen molar-refractivity contribution in [3.8, 4) is 5.75 Å². The second-order valence-corrected chi connectivity index (χ2v) is 5.31. The number of aromatic nitrogens is 1. The highest BCUT2D eigenvalue weighted by molar-refractivity contribution is 5.98. The molecule has 0 spiro atoms. The molecule has 0 saturated carbocycles. The van der Waals surface area contributed by atoms with Crippen LogP contribution in [0.4, 0.5) is 0 Å². The number of nitrogens with one attached hydrogen (secondary N) is 2. The summed E-state index contributed by atoms with van der Waals surface area (Å²) < 4.78 is 5.22. The second kappa shape index (κ2) is 6.54. The number of carbonyl (C=O) groups is 1. The molecule has 5 nitrogen and oxygen atoms in total. The molecule has 0 fully saturated rings. The van der Waals surface area contributed by atoms with Gasteiger partial charge in [-0.25, -0.2) is 0 Å². The molecule has 5 heteroatoms. The van der Waals surface area contributed by atoms with E-state index in [-0.39, 0.29) is 11.9 Å². The van der Waals surface area contributed by atoms with E-state index in [0.717, 1.165) is 22.2 Å². The Hall–Kier alpha value is -2.79. The Morgan fingerprint density at radius 3 is 2.78 bits per heavy atom. The van der Waals surface area contributed by atoms with E-state index in [9.17, 15) is 4.79 Å². The number of carbonyl (C=O) groups excluding carboxylic acids is 1. The zero-order chi connectivity index (χ0) is 16.2. The van der Waals surface area contributed by atoms with Crippen LogP contribution in [-0.4, -0.2) is 24.5 Å². The third-order valence-electron chi connectivity index (χ3n) is 3.81. The molecular formula is C18H19N3O2. The summed E-state index contributed by atoms with van der Waals surface area (Å²) in [6.45, 7) is 0.305. The first-order valence-electron chi connectivity index (χ1n) is 7.44. The maximum Gasteiger partial charge on any atom is 0.268 e. The van der Waals surface area contributed by atoms with E-state index in [2.05, 4.69) is 10.3 Å². The molecule has 4 N–H and O–H groups in total. The fourth-order valence-corrected chi connectivity index (χ4v) is 2.57. The number of ether oxygens (including phenoxy) is 1. The predicted octanol–water partition coefficient (Wildman–Crippen LogP) is 2.61. The van der Waals surface area contributed by atoms with Crippen LogP contribution in [0.15, 0.2) is 54.6 Å². The topological polar surface area (TPSA) is 80.1 Å². The van der Waals surface area contributed by atoms with Crippen LogP contribution < -0.4 is 15.8 Å². The van der Waals surface area contributed by atoms with E-state index < -0.39 is 0 Å². The van der Waals surface area contributed by atoms with Crippen LogP contribution in [0.25, 0.3) is 10.9 Å². The van der Waals surface area contributed by atoms with Crippen molar-refractivity contribution in [1.29, 1.82) is 0 Å². The molecule has 1 unspecified atom stereocenters. The molecule has 23 heavy (non-hydrogen) atoms. The number of aromatic amines is 1. The summed E-state index contributed by atoms with van der Waals surface area (Å²) in [7, 11) is 1.61. The standard InChI is InChI=1S/C18H19N3O2/c1-23-14-7-4-6-12(9-14)17(11-19)21-18(22)16-10-13-5-2-3-8-15(13)20-16/h2-10,17,20H,11,19H2,1H3,(H,21,22). The van der Waals surface area contributed by atoms with E-state index in [1.165, 1.54) is 0 Å². The Bertz CT molecular complexity index is 793. The average molecular weight is 309 g/mol. The van der Waals surface area contributed by atoms with Crippen LogP contribution in [0.2, 0.25) is 0 Å². The monoisotopic (exact) mass is 309 g/mol. The maximum atomic E-state index is 12.5. The van der Waals surface area contributed by atoms with Crippen molar-refractivity contribution in [3.05, 3.63) is 65.9 Å². The smallest absolute Gasteiger partial charge is 0.268 e. The van der Waals surface area contributed by atoms with Crippen molar-refractivity contribution in [1.82, 2.24) is 10.3 Å². The van der Waals surface area contributed by atoms with Crippen LogP contribution in [0, 0.1) is 0 Å². The van der Waals surface area contributed by atoms with Crippen LogP contribution in [0.1, 0.15) is 22.1 Å². The van der Waals surface area contributed by atoms with Gasteiger partial charge in [0.1, 0.15) is 11.4 Å². The molecule has 0 aliphatic rings. The average Bonchev–Trinajstić information content (AvgIpc) is 3.03. The number of benzene rings is 2. The first-order valence-corrected chi connectivity index (χ1v) is 7.44. The van der Waals surface area contributed by atoms with E-state index in [0.29, 0.717) is 12.2 Å². The van der Waals surface area contributed by atoms with Crippen LogP contribution in [0.3, 0.4) is 0 Å². The van der Waals surface area contributed by atoms with Gasteiger partial charge in [-0.3, -0.25) is 4.79 Å². The largest absolute Gasteiger partial charge is 0.497 e. The minimum Gasteiger partial charge on any atom is -0.497 e. The Balaban J connectivity index is 1.81. The molecule has 118 valence electrons. The van der Waals surface area contributed by atoms with Gasteiger partial charge in [0.15, 0.2) is 0 Å². The zero-order valence-corrected chi connectivity index (χ0v) is 12.9. The summed E-state index contributed by atoms with van der Waals surface area (Å²) in [5.41, 5.74) is 8.20. The van der Waals surface area contributed by atoms with Gasteiger partial charge in [0, 0.05) is 17.4 Å². The highest BCUT2D eigenvalue weighted by atomic mass is 16.5. The number of rotatable bonds is 5. The van der Waals surface area contributed by atoms with Gasteiger partial charge in [-0.2, -0.15) is 0 Å². The molecule has 1 atom stereocenters. The molecule has 0 saturated heterocycles. The summed E-state index contributed by atoms with van der Waals surface area (Å²) in [6, 6.07) is 16.9. The number of methoxy groups -OCH3 is 1. The van der Waals surface area contributed by atoms with Gasteiger partial charge in [0.25, 0.3) is 5.91 Å². The lowest BCUT2D eigenvalue weighted by Gasteiger charge is -2.17. The first kappa shape index (κ1) is 15.1. The highest BCUT2D eigenvalue weighted by Gasteiger charge is 2.16. The van der Waals surface area contributed by atoms with Crippen molar-refractivity contribution in [2.75, 3.05) is 13.7 Å². The van der Waals surface area contributed by atoms with Crippen LogP contribution in [0.5, 0.6) is 5.75 Å². The third kappa shape index (κ3) is 3.19. The number of hydrogen-bond donors (Lipinski definition) is 3. The summed E-state index contributed by atoms with van der Waals surface area (Å²) in [6.07, 6.45) is 0. The number of amides is 1. The van der Waals surface area contributed by atoms with Crippen LogP contribution in [-0.2, 0) is 0 Å². The lowest BCUT2D eigenvalue weighted by molar-refractivity contribution is 0.0933. The molecule has 1 aromatic heterocycles. The number of H-pyrrole nitrogens is 1. The minimum atomic E-state index is -0.274.